The molecule has 2 aromatic heterocycles. The molecule has 10 heteroatoms. The molecule has 0 saturated heterocycles. The number of thiophene rings is 1. The average molecular weight is 642 g/mol. The van der Waals surface area contributed by atoms with Gasteiger partial charge in [-0.25, -0.2) is 9.78 Å². The van der Waals surface area contributed by atoms with Crippen molar-refractivity contribution in [2.24, 2.45) is 0 Å². The maximum Gasteiger partial charge on any atom is 0.341 e. The molecule has 0 aliphatic heterocycles. The molecule has 0 fully saturated rings. The van der Waals surface area contributed by atoms with E-state index in [2.05, 4.69) is 11.4 Å². The summed E-state index contributed by atoms with van der Waals surface area (Å²) in [6.45, 7) is 0. The lowest BCUT2D eigenvalue weighted by molar-refractivity contribution is -0.115. The minimum atomic E-state index is -0.418. The van der Waals surface area contributed by atoms with Crippen molar-refractivity contribution in [3.05, 3.63) is 76.2 Å². The SMILES string of the molecule is COC(=O)c1c(NC(=O)CCSc2nc(-c3ccccc3)cc(-c3cc(OC)ccc3OC)c2C#N)sc2c1CCCCCC2. The van der Waals surface area contributed by atoms with Crippen molar-refractivity contribution in [3.8, 4) is 40.0 Å². The molecule has 0 radical (unpaired) electrons. The van der Waals surface area contributed by atoms with Crippen LogP contribution in [0, 0.1) is 11.3 Å². The lowest BCUT2D eigenvalue weighted by Gasteiger charge is -2.15. The second-order valence-electron chi connectivity index (χ2n) is 10.5. The summed E-state index contributed by atoms with van der Waals surface area (Å²) in [5, 5.41) is 14.4. The van der Waals surface area contributed by atoms with Gasteiger partial charge < -0.3 is 19.5 Å². The molecule has 0 unspecified atom stereocenters. The second kappa shape index (κ2) is 15.1. The van der Waals surface area contributed by atoms with Crippen LogP contribution in [0.1, 0.15) is 58.5 Å². The number of hydrogen-bond acceptors (Lipinski definition) is 9. The molecule has 1 aliphatic carbocycles. The number of amides is 1. The van der Waals surface area contributed by atoms with E-state index in [9.17, 15) is 14.9 Å². The molecule has 8 nitrogen and oxygen atoms in total. The highest BCUT2D eigenvalue weighted by Gasteiger charge is 2.26. The quantitative estimate of drug-likeness (QED) is 0.137. The number of nitriles is 1. The third kappa shape index (κ3) is 7.32. The fraction of sp³-hybridized carbons (Fsp3) is 0.314. The van der Waals surface area contributed by atoms with Crippen molar-refractivity contribution in [1.82, 2.24) is 4.98 Å². The van der Waals surface area contributed by atoms with E-state index in [1.807, 2.05) is 48.5 Å². The molecule has 45 heavy (non-hydrogen) atoms. The number of pyridine rings is 1. The zero-order chi connectivity index (χ0) is 31.8. The lowest BCUT2D eigenvalue weighted by atomic mass is 9.96. The number of hydrogen-bond donors (Lipinski definition) is 1. The van der Waals surface area contributed by atoms with Crippen LogP contribution in [0.25, 0.3) is 22.4 Å². The maximum atomic E-state index is 13.2. The molecular weight excluding hydrogens is 607 g/mol. The van der Waals surface area contributed by atoms with Crippen molar-refractivity contribution < 1.29 is 23.8 Å². The van der Waals surface area contributed by atoms with Crippen LogP contribution in [0.5, 0.6) is 11.5 Å². The van der Waals surface area contributed by atoms with Crippen molar-refractivity contribution in [2.75, 3.05) is 32.4 Å². The number of aromatic nitrogens is 1. The van der Waals surface area contributed by atoms with Gasteiger partial charge in [-0.2, -0.15) is 5.26 Å². The van der Waals surface area contributed by atoms with Crippen LogP contribution >= 0.6 is 23.1 Å². The van der Waals surface area contributed by atoms with Crippen molar-refractivity contribution in [1.29, 1.82) is 5.26 Å². The molecule has 0 saturated carbocycles. The molecule has 5 rings (SSSR count). The summed E-state index contributed by atoms with van der Waals surface area (Å²) in [5.74, 6) is 0.970. The van der Waals surface area contributed by atoms with Crippen LogP contribution < -0.4 is 14.8 Å². The molecule has 1 N–H and O–H groups in total. The first-order chi connectivity index (χ1) is 22.0. The van der Waals surface area contributed by atoms with E-state index >= 15 is 0 Å². The molecular formula is C35H35N3O5S2. The van der Waals surface area contributed by atoms with Gasteiger partial charge in [0.2, 0.25) is 5.91 Å². The zero-order valence-corrected chi connectivity index (χ0v) is 27.2. The highest BCUT2D eigenvalue weighted by Crippen LogP contribution is 2.41. The van der Waals surface area contributed by atoms with Crippen LogP contribution in [0.4, 0.5) is 5.00 Å². The third-order valence-electron chi connectivity index (χ3n) is 7.75. The average Bonchev–Trinajstić information content (AvgIpc) is 3.38. The van der Waals surface area contributed by atoms with Gasteiger partial charge >= 0.3 is 5.97 Å². The van der Waals surface area contributed by atoms with Crippen LogP contribution in [0.2, 0.25) is 0 Å². The molecule has 1 aliphatic rings. The highest BCUT2D eigenvalue weighted by molar-refractivity contribution is 7.99. The third-order valence-corrected chi connectivity index (χ3v) is 9.93. The Bertz CT molecular complexity index is 1730. The number of nitrogens with zero attached hydrogens (tertiary/aromatic N) is 2. The van der Waals surface area contributed by atoms with Crippen LogP contribution in [-0.2, 0) is 22.4 Å². The van der Waals surface area contributed by atoms with Crippen LogP contribution in [0.3, 0.4) is 0 Å². The number of methoxy groups -OCH3 is 3. The summed E-state index contributed by atoms with van der Waals surface area (Å²) in [6.07, 6.45) is 6.24. The van der Waals surface area contributed by atoms with Crippen molar-refractivity contribution >= 4 is 40.0 Å². The van der Waals surface area contributed by atoms with E-state index in [0.29, 0.717) is 55.2 Å². The summed E-state index contributed by atoms with van der Waals surface area (Å²) in [6, 6.07) is 19.4. The standard InChI is InChI=1S/C35H35N3O5S2/c1-41-23-15-16-29(42-2)26(19-23)25-20-28(22-11-7-6-8-12-22)37-33(27(25)21-36)44-18-17-31(39)38-34-32(35(40)43-3)24-13-9-4-5-10-14-30(24)45-34/h6-8,11-12,15-16,19-20H,4-5,9-10,13-14,17-18H2,1-3H3,(H,38,39). The lowest BCUT2D eigenvalue weighted by Crippen LogP contribution is -2.15. The van der Waals surface area contributed by atoms with E-state index in [1.165, 1.54) is 36.6 Å². The molecule has 1 amide bonds. The number of anilines is 1. The number of nitrogens with one attached hydrogen (secondary N) is 1. The van der Waals surface area contributed by atoms with Gasteiger partial charge in [0, 0.05) is 33.7 Å². The molecule has 2 heterocycles. The number of thioether (sulfide) groups is 1. The minimum Gasteiger partial charge on any atom is -0.497 e. The molecule has 4 aromatic rings. The number of carbonyl (C=O) groups is 2. The predicted molar refractivity (Wildman–Crippen MR) is 178 cm³/mol. The number of aryl methyl sites for hydroxylation is 1. The zero-order valence-electron chi connectivity index (χ0n) is 25.6. The van der Waals surface area contributed by atoms with Gasteiger partial charge in [-0.05, 0) is 55.5 Å². The fourth-order valence-corrected chi connectivity index (χ4v) is 7.72. The molecule has 0 atom stereocenters. The Kier molecular flexibility index (Phi) is 10.8. The molecule has 232 valence electrons. The normalized spacial score (nSPS) is 12.7. The van der Waals surface area contributed by atoms with Gasteiger partial charge in [-0.3, -0.25) is 4.79 Å². The van der Waals surface area contributed by atoms with Gasteiger partial charge in [-0.15, -0.1) is 23.1 Å². The Labute approximate surface area is 271 Å². The summed E-state index contributed by atoms with van der Waals surface area (Å²) in [5.41, 5.74) is 4.84. The Balaban J connectivity index is 1.42. The molecule has 0 bridgehead atoms. The topological polar surface area (TPSA) is 111 Å². The smallest absolute Gasteiger partial charge is 0.341 e. The number of benzene rings is 2. The van der Waals surface area contributed by atoms with Gasteiger partial charge in [0.1, 0.15) is 27.6 Å². The monoisotopic (exact) mass is 641 g/mol. The van der Waals surface area contributed by atoms with Crippen molar-refractivity contribution in [2.45, 2.75) is 50.0 Å². The first kappa shape index (κ1) is 32.1. The van der Waals surface area contributed by atoms with Crippen LogP contribution in [0.15, 0.2) is 59.6 Å². The van der Waals surface area contributed by atoms with E-state index in [1.54, 1.807) is 20.3 Å². The Hall–Kier alpha value is -4.33. The van der Waals surface area contributed by atoms with E-state index < -0.39 is 5.97 Å². The Morgan fingerprint density at radius 1 is 0.978 bits per heavy atom. The number of fused-ring (bicyclic) bond motifs is 1. The Morgan fingerprint density at radius 3 is 2.47 bits per heavy atom. The first-order valence-electron chi connectivity index (χ1n) is 14.9. The van der Waals surface area contributed by atoms with Gasteiger partial charge in [-0.1, -0.05) is 43.2 Å². The maximum absolute atomic E-state index is 13.2. The van der Waals surface area contributed by atoms with Gasteiger partial charge in [0.25, 0.3) is 0 Å². The van der Waals surface area contributed by atoms with E-state index in [4.69, 9.17) is 19.2 Å². The number of ether oxygens (including phenoxy) is 3. The summed E-state index contributed by atoms with van der Waals surface area (Å²) < 4.78 is 16.2. The minimum absolute atomic E-state index is 0.160. The van der Waals surface area contributed by atoms with E-state index in [0.717, 1.165) is 48.1 Å². The van der Waals surface area contributed by atoms with E-state index in [-0.39, 0.29) is 12.3 Å². The first-order valence-corrected chi connectivity index (χ1v) is 16.7. The van der Waals surface area contributed by atoms with Gasteiger partial charge in [0.05, 0.1) is 38.2 Å². The predicted octanol–water partition coefficient (Wildman–Crippen LogP) is 7.93. The van der Waals surface area contributed by atoms with Gasteiger partial charge in [0.15, 0.2) is 0 Å². The second-order valence-corrected chi connectivity index (χ2v) is 12.7. The van der Waals surface area contributed by atoms with Crippen molar-refractivity contribution in [3.63, 3.8) is 0 Å². The number of carbonyl (C=O) groups excluding carboxylic acids is 2. The fourth-order valence-electron chi connectivity index (χ4n) is 5.48. The summed E-state index contributed by atoms with van der Waals surface area (Å²) >= 11 is 2.83. The molecule has 0 spiro atoms. The number of esters is 1. The van der Waals surface area contributed by atoms with Crippen LogP contribution in [-0.4, -0.2) is 43.9 Å². The Morgan fingerprint density at radius 2 is 1.76 bits per heavy atom. The highest BCUT2D eigenvalue weighted by atomic mass is 32.2. The molecule has 2 aromatic carbocycles. The largest absolute Gasteiger partial charge is 0.497 e. The summed E-state index contributed by atoms with van der Waals surface area (Å²) in [7, 11) is 4.55. The number of rotatable bonds is 10. The summed E-state index contributed by atoms with van der Waals surface area (Å²) in [4.78, 5) is 32.0.